The Morgan fingerprint density at radius 3 is 1.29 bits per heavy atom. The molecular weight excluding hydrogens is 851 g/mol. The van der Waals surface area contributed by atoms with Gasteiger partial charge in [0.2, 0.25) is 5.71 Å². The zero-order valence-electron chi connectivity index (χ0n) is 39.5. The maximum Gasteiger partial charge on any atom is 0.246 e. The Kier molecular flexibility index (Phi) is 8.81. The first kappa shape index (κ1) is 39.0. The van der Waals surface area contributed by atoms with Crippen LogP contribution in [0.4, 0.5) is 0 Å². The van der Waals surface area contributed by atoms with E-state index in [0.29, 0.717) is 5.71 Å². The molecule has 0 atom stereocenters. The molecule has 0 amide bonds. The van der Waals surface area contributed by atoms with Crippen LogP contribution in [0.2, 0.25) is 0 Å². The van der Waals surface area contributed by atoms with E-state index >= 15 is 0 Å². The zero-order chi connectivity index (χ0) is 47.4. The molecule has 3 aromatic heterocycles. The predicted molar refractivity (Wildman–Crippen MR) is 288 cm³/mol. The predicted octanol–water partition coefficient (Wildman–Crippen LogP) is 17.9. The van der Waals surface area contributed by atoms with Crippen LogP contribution in [0.15, 0.2) is 223 Å². The summed E-state index contributed by atoms with van der Waals surface area (Å²) in [6.07, 6.45) is 5.28. The van der Waals surface area contributed by atoms with E-state index < -0.39 is 5.89 Å². The number of hydrogen-bond donors (Lipinski definition) is 0. The first-order valence-electron chi connectivity index (χ1n) is 24.4. The average Bonchev–Trinajstić information content (AvgIpc) is 3.81. The van der Waals surface area contributed by atoms with Crippen molar-refractivity contribution in [2.24, 2.45) is 0 Å². The van der Waals surface area contributed by atoms with Crippen LogP contribution in [0, 0.1) is 0 Å². The fraction of sp³-hybridized carbons (Fsp3) is 0.0455. The summed E-state index contributed by atoms with van der Waals surface area (Å²) >= 11 is 0. The summed E-state index contributed by atoms with van der Waals surface area (Å²) in [5, 5.41) is 0.945. The highest BCUT2D eigenvalue weighted by Crippen LogP contribution is 2.52. The van der Waals surface area contributed by atoms with Gasteiger partial charge in [-0.1, -0.05) is 184 Å². The number of para-hydroxylation sites is 1. The van der Waals surface area contributed by atoms with Crippen molar-refractivity contribution in [3.8, 4) is 123 Å². The molecule has 0 saturated heterocycles. The quantitative estimate of drug-likeness (QED) is 0.177. The highest BCUT2D eigenvalue weighted by molar-refractivity contribution is 6.09. The fourth-order valence-corrected chi connectivity index (χ4v) is 11.4. The minimum atomic E-state index is -0.956. The van der Waals surface area contributed by atoms with E-state index in [0.717, 1.165) is 117 Å². The SMILES string of the molecule is [2H]C(C)(C)c1c(-c2ccc3c(c2)-c2ccccc2-c2ccccc2-c2cc(-c4cccc5c4oc4nccnc45)ccc2-3)cccc1-c1ccc2c(c1)-c1ccccc1-c1ccccc1-c1ncccc1-2. The average molecular weight is 895 g/mol. The molecule has 70 heavy (non-hydrogen) atoms. The molecule has 4 heteroatoms. The maximum atomic E-state index is 9.90. The van der Waals surface area contributed by atoms with Gasteiger partial charge in [-0.3, -0.25) is 4.98 Å². The minimum absolute atomic E-state index is 0.532. The number of furan rings is 1. The maximum absolute atomic E-state index is 9.90. The number of pyridine rings is 1. The number of rotatable bonds is 4. The summed E-state index contributed by atoms with van der Waals surface area (Å²) < 4.78 is 16.3. The van der Waals surface area contributed by atoms with Gasteiger partial charge in [0, 0.05) is 42.0 Å². The molecule has 12 aromatic rings. The van der Waals surface area contributed by atoms with Gasteiger partial charge in [0.15, 0.2) is 0 Å². The molecule has 3 heterocycles. The van der Waals surface area contributed by atoms with Gasteiger partial charge < -0.3 is 4.42 Å². The number of hydrogen-bond acceptors (Lipinski definition) is 4. The molecule has 9 aromatic carbocycles. The Labute approximate surface area is 407 Å². The van der Waals surface area contributed by atoms with E-state index in [1.54, 1.807) is 12.4 Å². The molecule has 0 N–H and O–H groups in total. The third-order valence-electron chi connectivity index (χ3n) is 14.5. The van der Waals surface area contributed by atoms with Crippen molar-refractivity contribution in [1.82, 2.24) is 15.0 Å². The van der Waals surface area contributed by atoms with E-state index in [9.17, 15) is 1.37 Å². The third kappa shape index (κ3) is 6.13. The molecule has 328 valence electrons. The van der Waals surface area contributed by atoms with Crippen molar-refractivity contribution < 1.29 is 5.79 Å². The third-order valence-corrected chi connectivity index (χ3v) is 14.5. The second-order valence-electron chi connectivity index (χ2n) is 18.6. The van der Waals surface area contributed by atoms with Gasteiger partial charge in [-0.2, -0.15) is 0 Å². The first-order chi connectivity index (χ1) is 34.9. The van der Waals surface area contributed by atoms with Crippen molar-refractivity contribution in [1.29, 1.82) is 0 Å². The molecule has 0 spiro atoms. The molecule has 4 nitrogen and oxygen atoms in total. The van der Waals surface area contributed by atoms with Crippen molar-refractivity contribution >= 4 is 22.2 Å². The molecule has 0 bridgehead atoms. The number of fused-ring (bicyclic) bond motifs is 19. The second-order valence-corrected chi connectivity index (χ2v) is 18.6. The van der Waals surface area contributed by atoms with Crippen LogP contribution in [-0.2, 0) is 0 Å². The van der Waals surface area contributed by atoms with Crippen LogP contribution in [0.5, 0.6) is 0 Å². The molecule has 2 aliphatic rings. The second kappa shape index (κ2) is 15.8. The van der Waals surface area contributed by atoms with Crippen LogP contribution in [0.3, 0.4) is 0 Å². The molecule has 2 aliphatic carbocycles. The smallest absolute Gasteiger partial charge is 0.246 e. The lowest BCUT2D eigenvalue weighted by molar-refractivity contribution is 0.654. The Bertz CT molecular complexity index is 4170. The summed E-state index contributed by atoms with van der Waals surface area (Å²) in [7, 11) is 0. The minimum Gasteiger partial charge on any atom is -0.436 e. The standard InChI is InChI=1S/C66H43N3O/c1-39(2)62-43(22-11-23-44(62)41-28-32-55-57-26-13-33-67-63(57)56-21-10-9-17-49(56)48-16-5-8-20-52(48)61(55)37-41)40-27-30-53-54-31-29-42(45-24-12-25-58-64-66(70-65(45)58)69-35-34-68-64)38-60(54)51-19-7-4-15-47(51)46-14-3-6-18-50(46)59(53)36-40/h3-39H,1-2H3/i39D. The zero-order valence-corrected chi connectivity index (χ0v) is 38.5. The topological polar surface area (TPSA) is 51.8 Å². The van der Waals surface area contributed by atoms with Gasteiger partial charge in [-0.25, -0.2) is 9.97 Å². The van der Waals surface area contributed by atoms with Crippen molar-refractivity contribution in [3.63, 3.8) is 0 Å². The van der Waals surface area contributed by atoms with Crippen molar-refractivity contribution in [2.45, 2.75) is 19.7 Å². The first-order valence-corrected chi connectivity index (χ1v) is 23.9. The lowest BCUT2D eigenvalue weighted by atomic mass is 9.78. The van der Waals surface area contributed by atoms with Gasteiger partial charge in [-0.15, -0.1) is 0 Å². The van der Waals surface area contributed by atoms with Gasteiger partial charge >= 0.3 is 0 Å². The Hall–Kier alpha value is -8.99. The van der Waals surface area contributed by atoms with Crippen molar-refractivity contribution in [3.05, 3.63) is 224 Å². The summed E-state index contributed by atoms with van der Waals surface area (Å²) in [5.74, 6) is -0.956. The molecule has 0 radical (unpaired) electrons. The number of aromatic nitrogens is 3. The molecule has 14 rings (SSSR count). The highest BCUT2D eigenvalue weighted by atomic mass is 16.3. The van der Waals surface area contributed by atoms with E-state index in [1.807, 2.05) is 26.1 Å². The van der Waals surface area contributed by atoms with Crippen LogP contribution in [0.1, 0.15) is 26.7 Å². The summed E-state index contributed by atoms with van der Waals surface area (Å²) in [6.45, 7) is 4.04. The van der Waals surface area contributed by atoms with Crippen LogP contribution in [0.25, 0.3) is 145 Å². The van der Waals surface area contributed by atoms with Crippen LogP contribution >= 0.6 is 0 Å². The van der Waals surface area contributed by atoms with E-state index in [1.165, 1.54) is 27.8 Å². The number of benzene rings is 9. The van der Waals surface area contributed by atoms with Gasteiger partial charge in [-0.05, 0) is 142 Å². The molecule has 0 aliphatic heterocycles. The summed E-state index contributed by atoms with van der Waals surface area (Å²) in [6, 6.07) is 72.5. The van der Waals surface area contributed by atoms with Crippen LogP contribution < -0.4 is 0 Å². The normalized spacial score (nSPS) is 12.3. The van der Waals surface area contributed by atoms with Crippen LogP contribution in [-0.4, -0.2) is 15.0 Å². The van der Waals surface area contributed by atoms with Gasteiger partial charge in [0.1, 0.15) is 11.1 Å². The molecular formula is C66H43N3O. The molecule has 0 saturated carbocycles. The molecule has 0 unspecified atom stereocenters. The van der Waals surface area contributed by atoms with Crippen molar-refractivity contribution in [2.75, 3.05) is 0 Å². The highest BCUT2D eigenvalue weighted by Gasteiger charge is 2.27. The Morgan fingerprint density at radius 2 is 0.743 bits per heavy atom. The Balaban J connectivity index is 0.960. The fourth-order valence-electron chi connectivity index (χ4n) is 11.4. The van der Waals surface area contributed by atoms with E-state index in [2.05, 4.69) is 204 Å². The Morgan fingerprint density at radius 1 is 0.343 bits per heavy atom. The lowest BCUT2D eigenvalue weighted by Gasteiger charge is -2.25. The largest absolute Gasteiger partial charge is 0.436 e. The molecule has 0 fully saturated rings. The van der Waals surface area contributed by atoms with Gasteiger partial charge in [0.05, 0.1) is 5.69 Å². The van der Waals surface area contributed by atoms with E-state index in [4.69, 9.17) is 9.40 Å². The lowest BCUT2D eigenvalue weighted by Crippen LogP contribution is -2.01. The summed E-state index contributed by atoms with van der Waals surface area (Å²) in [4.78, 5) is 14.1. The van der Waals surface area contributed by atoms with Gasteiger partial charge in [0.25, 0.3) is 0 Å². The number of nitrogens with zero attached hydrogens (tertiary/aromatic N) is 3. The summed E-state index contributed by atoms with van der Waals surface area (Å²) in [5.41, 5.74) is 27.6. The van der Waals surface area contributed by atoms with E-state index in [-0.39, 0.29) is 0 Å². The monoisotopic (exact) mass is 894 g/mol.